The van der Waals surface area contributed by atoms with Crippen LogP contribution < -0.4 is 52.2 Å². The molecule has 500 valence electrons. The monoisotopic (exact) mass is 1300 g/mol. The van der Waals surface area contributed by atoms with Crippen LogP contribution in [0.15, 0.2) is 238 Å². The minimum atomic E-state index is -0.687. The molecule has 1 saturated heterocycles. The number of carbonyl (C=O) groups is 2. The molecule has 2 N–H and O–H groups in total. The van der Waals surface area contributed by atoms with Crippen LogP contribution in [0.5, 0.6) is 0 Å². The molecule has 1 unspecified atom stereocenters. The maximum atomic E-state index is 14.1. The summed E-state index contributed by atoms with van der Waals surface area (Å²) in [6, 6.07) is 66.6. The van der Waals surface area contributed by atoms with Gasteiger partial charge in [-0.25, -0.2) is 4.79 Å². The lowest BCUT2D eigenvalue weighted by molar-refractivity contribution is -0.116. The van der Waals surface area contributed by atoms with E-state index in [1.165, 1.54) is 43.2 Å². The molecule has 9 aromatic rings. The summed E-state index contributed by atoms with van der Waals surface area (Å²) < 4.78 is 10.8. The van der Waals surface area contributed by atoms with Crippen LogP contribution >= 0.6 is 0 Å². The number of rotatable bonds is 26. The summed E-state index contributed by atoms with van der Waals surface area (Å²) in [7, 11) is 0. The number of ether oxygens (including phenoxy) is 1. The highest BCUT2D eigenvalue weighted by atomic mass is 16.7. The number of carbonyl (C=O) groups excluding carboxylic acids is 2. The van der Waals surface area contributed by atoms with Gasteiger partial charge in [-0.15, -0.1) is 18.9 Å². The number of anilines is 1. The van der Waals surface area contributed by atoms with E-state index in [1.54, 1.807) is 45.0 Å². The highest BCUT2D eigenvalue weighted by molar-refractivity contribution is 5.91. The molecule has 4 aromatic heterocycles. The van der Waals surface area contributed by atoms with Gasteiger partial charge in [-0.05, 0) is 91.4 Å². The molecular weight excluding hydrogens is 1220 g/mol. The average molecular weight is 1300 g/mol. The second kappa shape index (κ2) is 34.2. The first-order valence-corrected chi connectivity index (χ1v) is 32.4. The molecule has 10 rings (SSSR count). The number of pyridine rings is 4. The molecule has 0 aliphatic carbocycles. The Kier molecular flexibility index (Phi) is 24.4. The van der Waals surface area contributed by atoms with Gasteiger partial charge in [0.05, 0.1) is 22.8 Å². The Morgan fingerprint density at radius 3 is 1.15 bits per heavy atom. The van der Waals surface area contributed by atoms with Gasteiger partial charge < -0.3 is 34.7 Å². The van der Waals surface area contributed by atoms with E-state index in [-0.39, 0.29) is 86.7 Å². The van der Waals surface area contributed by atoms with Crippen molar-refractivity contribution in [1.29, 1.82) is 0 Å². The number of hydrogen-bond acceptors (Lipinski definition) is 15. The SMILES string of the molecule is CC(C)(C)OC(=O)NCCC(=O)Nc1ccc(CC2CN(Cc3cccc(=O)n3OCc3ccccc3)CCN(Cc3cccc(=O)n3OCc3ccccc3)CCN(Cc3cccc(=O)n3OCc3ccccc3)CCN2Cc2cccc(=O)n2OCc2ccccc2)cc1. The maximum Gasteiger partial charge on any atom is 0.407 e. The third-order valence-corrected chi connectivity index (χ3v) is 16.2. The van der Waals surface area contributed by atoms with Crippen LogP contribution in [0, 0.1) is 0 Å². The number of amides is 2. The van der Waals surface area contributed by atoms with Gasteiger partial charge in [0.25, 0.3) is 22.2 Å². The normalized spacial score (nSPS) is 14.6. The van der Waals surface area contributed by atoms with E-state index in [0.29, 0.717) is 93.8 Å². The highest BCUT2D eigenvalue weighted by Crippen LogP contribution is 2.21. The zero-order valence-electron chi connectivity index (χ0n) is 54.7. The number of hydrogen-bond donors (Lipinski definition) is 2. The first-order chi connectivity index (χ1) is 46.6. The summed E-state index contributed by atoms with van der Waals surface area (Å²) in [5.74, 6) is -0.292. The second-order valence-electron chi connectivity index (χ2n) is 24.7. The van der Waals surface area contributed by atoms with Crippen molar-refractivity contribution in [2.45, 2.75) is 97.9 Å². The van der Waals surface area contributed by atoms with E-state index in [0.717, 1.165) is 27.8 Å². The van der Waals surface area contributed by atoms with Crippen LogP contribution in [0.1, 0.15) is 77.8 Å². The third kappa shape index (κ3) is 20.8. The molecular formula is C75H84N10O11. The van der Waals surface area contributed by atoms with E-state index in [9.17, 15) is 28.8 Å². The molecule has 0 radical (unpaired) electrons. The minimum Gasteiger partial charge on any atom is -0.444 e. The maximum absolute atomic E-state index is 14.1. The lowest BCUT2D eigenvalue weighted by Gasteiger charge is -2.39. The predicted octanol–water partition coefficient (Wildman–Crippen LogP) is 7.64. The molecule has 5 heterocycles. The average Bonchev–Trinajstić information content (AvgIpc) is 0.861. The van der Waals surface area contributed by atoms with E-state index >= 15 is 0 Å². The number of alkyl carbamates (subject to hydrolysis) is 1. The van der Waals surface area contributed by atoms with Crippen LogP contribution in [0.4, 0.5) is 10.5 Å². The van der Waals surface area contributed by atoms with Crippen LogP contribution in [0.3, 0.4) is 0 Å². The molecule has 1 aliphatic rings. The summed E-state index contributed by atoms with van der Waals surface area (Å²) in [5.41, 5.74) is 5.63. The summed E-state index contributed by atoms with van der Waals surface area (Å²) in [5, 5.41) is 5.62. The molecule has 0 saturated carbocycles. The number of benzene rings is 5. The van der Waals surface area contributed by atoms with E-state index < -0.39 is 11.7 Å². The molecule has 0 spiro atoms. The van der Waals surface area contributed by atoms with Crippen molar-refractivity contribution in [2.75, 3.05) is 57.7 Å². The second-order valence-corrected chi connectivity index (χ2v) is 24.7. The Balaban J connectivity index is 1.04. The van der Waals surface area contributed by atoms with Crippen molar-refractivity contribution < 1.29 is 33.7 Å². The van der Waals surface area contributed by atoms with Gasteiger partial charge in [-0.2, -0.15) is 0 Å². The molecule has 5 aromatic carbocycles. The van der Waals surface area contributed by atoms with E-state index in [2.05, 4.69) is 30.2 Å². The summed E-state index contributed by atoms with van der Waals surface area (Å²) >= 11 is 0. The van der Waals surface area contributed by atoms with Gasteiger partial charge in [0.2, 0.25) is 5.91 Å². The molecule has 1 atom stereocenters. The predicted molar refractivity (Wildman–Crippen MR) is 367 cm³/mol. The van der Waals surface area contributed by atoms with Crippen LogP contribution in [-0.4, -0.2) is 115 Å². The fourth-order valence-corrected chi connectivity index (χ4v) is 11.3. The number of nitrogens with zero attached hydrogens (tertiary/aromatic N) is 8. The first-order valence-electron chi connectivity index (χ1n) is 32.4. The summed E-state index contributed by atoms with van der Waals surface area (Å²) in [6.07, 6.45) is -0.128. The Morgan fingerprint density at radius 1 is 0.406 bits per heavy atom. The number of nitrogens with one attached hydrogen (secondary N) is 2. The van der Waals surface area contributed by atoms with E-state index in [1.807, 2.05) is 170 Å². The van der Waals surface area contributed by atoms with Gasteiger partial charge >= 0.3 is 6.09 Å². The molecule has 1 fully saturated rings. The van der Waals surface area contributed by atoms with Crippen molar-refractivity contribution in [3.63, 3.8) is 0 Å². The fourth-order valence-electron chi connectivity index (χ4n) is 11.3. The van der Waals surface area contributed by atoms with Gasteiger partial charge in [-0.1, -0.05) is 158 Å². The lowest BCUT2D eigenvalue weighted by atomic mass is 10.0. The van der Waals surface area contributed by atoms with Crippen molar-refractivity contribution in [2.24, 2.45) is 0 Å². The van der Waals surface area contributed by atoms with Crippen molar-refractivity contribution >= 4 is 17.7 Å². The van der Waals surface area contributed by atoms with Crippen molar-refractivity contribution in [3.05, 3.63) is 310 Å². The lowest BCUT2D eigenvalue weighted by Crippen LogP contribution is -2.51. The van der Waals surface area contributed by atoms with Gasteiger partial charge in [0.1, 0.15) is 32.0 Å². The first kappa shape index (κ1) is 68.5. The molecule has 1 aliphatic heterocycles. The topological polar surface area (TPSA) is 205 Å². The Hall–Kier alpha value is -10.3. The Morgan fingerprint density at radius 2 is 0.760 bits per heavy atom. The molecule has 21 nitrogen and oxygen atoms in total. The van der Waals surface area contributed by atoms with Crippen LogP contribution in [0.2, 0.25) is 0 Å². The largest absolute Gasteiger partial charge is 0.444 e. The van der Waals surface area contributed by atoms with Crippen LogP contribution in [-0.2, 0) is 68.6 Å². The van der Waals surface area contributed by atoms with Crippen molar-refractivity contribution in [3.8, 4) is 0 Å². The van der Waals surface area contributed by atoms with Gasteiger partial charge in [-0.3, -0.25) is 43.6 Å². The standard InChI is InChI=1S/C75H84N10O11/c1-75(2,3)96-74(91)76-41-40-69(86)77-63-38-36-58(37-39-63)48-68-52-80(51-66-30-18-34-72(89)84(66)94-56-61-24-12-6-13-25-61)45-44-78(49-64-28-16-32-70(87)82(64)92-54-59-20-8-4-9-21-59)42-43-79(50-65-29-17-33-71(88)83(65)93-55-60-22-10-5-11-23-60)46-47-81(68)53-67-31-19-35-73(90)85(67)95-57-62-26-14-7-15-27-62/h4-39,68H,40-57H2,1-3H3,(H,76,91)(H,77,86). The third-order valence-electron chi connectivity index (χ3n) is 16.2. The molecule has 21 heteroatoms. The quantitative estimate of drug-likeness (QED) is 0.0535. The molecule has 2 amide bonds. The molecule has 0 bridgehead atoms. The molecule has 96 heavy (non-hydrogen) atoms. The smallest absolute Gasteiger partial charge is 0.407 e. The van der Waals surface area contributed by atoms with Gasteiger partial charge in [0, 0.05) is 121 Å². The fraction of sp³-hybridized carbons (Fsp3) is 0.307. The van der Waals surface area contributed by atoms with E-state index in [4.69, 9.17) is 24.1 Å². The summed E-state index contributed by atoms with van der Waals surface area (Å²) in [6.45, 7) is 10.3. The Bertz CT molecular complexity index is 4180. The zero-order chi connectivity index (χ0) is 67.1. The van der Waals surface area contributed by atoms with Crippen molar-refractivity contribution in [1.82, 2.24) is 43.8 Å². The minimum absolute atomic E-state index is 0.0184. The highest BCUT2D eigenvalue weighted by Gasteiger charge is 2.28. The van der Waals surface area contributed by atoms with Crippen LogP contribution in [0.25, 0.3) is 0 Å². The zero-order valence-corrected chi connectivity index (χ0v) is 54.7. The Labute approximate surface area is 558 Å². The van der Waals surface area contributed by atoms with Gasteiger partial charge in [0.15, 0.2) is 0 Å². The summed E-state index contributed by atoms with van der Waals surface area (Å²) in [4.78, 5) is 116. The number of aromatic nitrogens is 4.